The van der Waals surface area contributed by atoms with Crippen molar-refractivity contribution in [1.82, 2.24) is 0 Å². The lowest BCUT2D eigenvalue weighted by molar-refractivity contribution is -0.146. The van der Waals surface area contributed by atoms with Gasteiger partial charge in [0.25, 0.3) is 5.91 Å². The van der Waals surface area contributed by atoms with Crippen molar-refractivity contribution in [3.05, 3.63) is 30.4 Å². The summed E-state index contributed by atoms with van der Waals surface area (Å²) in [6, 6.07) is 4.90. The summed E-state index contributed by atoms with van der Waals surface area (Å²) in [5.41, 5.74) is 0.968. The van der Waals surface area contributed by atoms with Crippen LogP contribution in [0.5, 0.6) is 5.75 Å². The van der Waals surface area contributed by atoms with E-state index < -0.39 is 17.8 Å². The number of hydrogen-bond donors (Lipinski definition) is 3. The van der Waals surface area contributed by atoms with E-state index in [-0.39, 0.29) is 18.4 Å². The van der Waals surface area contributed by atoms with Crippen molar-refractivity contribution in [2.24, 2.45) is 11.8 Å². The fourth-order valence-electron chi connectivity index (χ4n) is 2.77. The van der Waals surface area contributed by atoms with Crippen LogP contribution in [0.25, 0.3) is 0 Å². The van der Waals surface area contributed by atoms with Crippen molar-refractivity contribution in [3.63, 3.8) is 0 Å². The number of anilines is 2. The van der Waals surface area contributed by atoms with Gasteiger partial charge in [0.2, 0.25) is 5.91 Å². The van der Waals surface area contributed by atoms with E-state index in [9.17, 15) is 19.5 Å². The summed E-state index contributed by atoms with van der Waals surface area (Å²) in [7, 11) is 0. The van der Waals surface area contributed by atoms with Gasteiger partial charge in [-0.1, -0.05) is 12.2 Å². The molecule has 0 unspecified atom stereocenters. The molecule has 2 amide bonds. The molecule has 1 aliphatic carbocycles. The maximum absolute atomic E-state index is 12.4. The third-order valence-electron chi connectivity index (χ3n) is 3.97. The topological polar surface area (TPSA) is 105 Å². The fourth-order valence-corrected chi connectivity index (χ4v) is 2.77. The van der Waals surface area contributed by atoms with E-state index in [1.54, 1.807) is 24.3 Å². The first-order chi connectivity index (χ1) is 11.0. The van der Waals surface area contributed by atoms with Gasteiger partial charge in [0.1, 0.15) is 5.75 Å². The molecule has 2 atom stereocenters. The summed E-state index contributed by atoms with van der Waals surface area (Å²) >= 11 is 0. The first-order valence-corrected chi connectivity index (χ1v) is 7.30. The van der Waals surface area contributed by atoms with Crippen LogP contribution in [0.4, 0.5) is 11.4 Å². The number of nitrogens with one attached hydrogen (secondary N) is 2. The van der Waals surface area contributed by atoms with Crippen LogP contribution in [-0.2, 0) is 14.4 Å². The van der Waals surface area contributed by atoms with Crippen molar-refractivity contribution in [3.8, 4) is 5.75 Å². The molecule has 0 radical (unpaired) electrons. The number of benzene rings is 1. The van der Waals surface area contributed by atoms with Gasteiger partial charge in [-0.25, -0.2) is 0 Å². The van der Waals surface area contributed by atoms with E-state index in [0.29, 0.717) is 30.0 Å². The third kappa shape index (κ3) is 3.18. The number of carbonyl (C=O) groups is 3. The van der Waals surface area contributed by atoms with Crippen LogP contribution in [-0.4, -0.2) is 29.5 Å². The van der Waals surface area contributed by atoms with Gasteiger partial charge in [0.05, 0.1) is 17.5 Å². The quantitative estimate of drug-likeness (QED) is 0.735. The molecule has 0 saturated heterocycles. The van der Waals surface area contributed by atoms with Crippen molar-refractivity contribution < 1.29 is 24.2 Å². The first-order valence-electron chi connectivity index (χ1n) is 7.30. The van der Waals surface area contributed by atoms with Crippen LogP contribution in [0.1, 0.15) is 12.8 Å². The largest absolute Gasteiger partial charge is 0.482 e. The molecule has 7 nitrogen and oxygen atoms in total. The Labute approximate surface area is 132 Å². The average molecular weight is 316 g/mol. The second kappa shape index (κ2) is 6.12. The Morgan fingerprint density at radius 3 is 2.70 bits per heavy atom. The van der Waals surface area contributed by atoms with Crippen LogP contribution < -0.4 is 15.4 Å². The SMILES string of the molecule is O=C1COc2ccc(NC(=O)[C@H]3CC=CC[C@@H]3C(=O)O)cc2N1. The predicted octanol–water partition coefficient (Wildman–Crippen LogP) is 1.62. The molecule has 0 fully saturated rings. The Bertz CT molecular complexity index is 698. The van der Waals surface area contributed by atoms with E-state index in [0.717, 1.165) is 0 Å². The smallest absolute Gasteiger partial charge is 0.307 e. The van der Waals surface area contributed by atoms with E-state index in [2.05, 4.69) is 10.6 Å². The molecule has 23 heavy (non-hydrogen) atoms. The number of ether oxygens (including phenoxy) is 1. The lowest BCUT2D eigenvalue weighted by Crippen LogP contribution is -2.34. The number of carbonyl (C=O) groups excluding carboxylic acids is 2. The van der Waals surface area contributed by atoms with Gasteiger partial charge < -0.3 is 20.5 Å². The van der Waals surface area contributed by atoms with E-state index >= 15 is 0 Å². The standard InChI is InChI=1S/C16H16N2O5/c19-14-8-23-13-6-5-9(7-12(13)18-14)17-15(20)10-3-1-2-4-11(10)16(21)22/h1-2,5-7,10-11H,3-4,8H2,(H,17,20)(H,18,19)(H,21,22)/t10-,11-/m0/s1. The highest BCUT2D eigenvalue weighted by atomic mass is 16.5. The molecule has 120 valence electrons. The zero-order valence-electron chi connectivity index (χ0n) is 12.2. The number of carboxylic acid groups (broad SMARTS) is 1. The minimum atomic E-state index is -0.972. The number of allylic oxidation sites excluding steroid dienone is 2. The van der Waals surface area contributed by atoms with Gasteiger partial charge in [-0.15, -0.1) is 0 Å². The van der Waals surface area contributed by atoms with E-state index in [4.69, 9.17) is 4.74 Å². The molecular formula is C16H16N2O5. The molecular weight excluding hydrogens is 300 g/mol. The maximum Gasteiger partial charge on any atom is 0.307 e. The molecule has 3 N–H and O–H groups in total. The zero-order valence-corrected chi connectivity index (χ0v) is 12.2. The molecule has 0 aromatic heterocycles. The summed E-state index contributed by atoms with van der Waals surface area (Å²) in [6.07, 6.45) is 4.36. The zero-order chi connectivity index (χ0) is 16.4. The molecule has 3 rings (SSSR count). The highest BCUT2D eigenvalue weighted by molar-refractivity contribution is 5.99. The van der Waals surface area contributed by atoms with Gasteiger partial charge in [-0.2, -0.15) is 0 Å². The molecule has 0 spiro atoms. The van der Waals surface area contributed by atoms with Gasteiger partial charge in [-0.05, 0) is 31.0 Å². The molecule has 0 bridgehead atoms. The molecule has 1 heterocycles. The molecule has 0 saturated carbocycles. The number of fused-ring (bicyclic) bond motifs is 1. The van der Waals surface area contributed by atoms with Crippen LogP contribution in [0, 0.1) is 11.8 Å². The Kier molecular flexibility index (Phi) is 4.01. The molecule has 2 aliphatic rings. The van der Waals surface area contributed by atoms with Gasteiger partial charge in [0.15, 0.2) is 6.61 Å². The number of amides is 2. The van der Waals surface area contributed by atoms with Gasteiger partial charge in [0, 0.05) is 5.69 Å². The van der Waals surface area contributed by atoms with Crippen LogP contribution in [0.15, 0.2) is 30.4 Å². The molecule has 1 aliphatic heterocycles. The number of carboxylic acids is 1. The summed E-state index contributed by atoms with van der Waals surface area (Å²) < 4.78 is 5.25. The van der Waals surface area contributed by atoms with Crippen LogP contribution in [0.3, 0.4) is 0 Å². The Morgan fingerprint density at radius 1 is 1.22 bits per heavy atom. The number of aliphatic carboxylic acids is 1. The predicted molar refractivity (Wildman–Crippen MR) is 82.2 cm³/mol. The van der Waals surface area contributed by atoms with Crippen molar-refractivity contribution >= 4 is 29.2 Å². The second-order valence-electron chi connectivity index (χ2n) is 5.53. The Balaban J connectivity index is 1.75. The van der Waals surface area contributed by atoms with Crippen molar-refractivity contribution in [2.45, 2.75) is 12.8 Å². The normalized spacial score (nSPS) is 22.5. The molecule has 1 aromatic carbocycles. The fraction of sp³-hybridized carbons (Fsp3) is 0.312. The Morgan fingerprint density at radius 2 is 1.96 bits per heavy atom. The second-order valence-corrected chi connectivity index (χ2v) is 5.53. The van der Waals surface area contributed by atoms with Gasteiger partial charge in [-0.3, -0.25) is 14.4 Å². The molecule has 1 aromatic rings. The Hall–Kier alpha value is -2.83. The minimum absolute atomic E-state index is 0.0343. The lowest BCUT2D eigenvalue weighted by Gasteiger charge is -2.24. The highest BCUT2D eigenvalue weighted by Crippen LogP contribution is 2.32. The van der Waals surface area contributed by atoms with Crippen molar-refractivity contribution in [1.29, 1.82) is 0 Å². The lowest BCUT2D eigenvalue weighted by atomic mass is 9.82. The monoisotopic (exact) mass is 316 g/mol. The minimum Gasteiger partial charge on any atom is -0.482 e. The summed E-state index contributed by atoms with van der Waals surface area (Å²) in [4.78, 5) is 35.0. The van der Waals surface area contributed by atoms with Crippen molar-refractivity contribution in [2.75, 3.05) is 17.2 Å². The van der Waals surface area contributed by atoms with E-state index in [1.165, 1.54) is 0 Å². The maximum atomic E-state index is 12.4. The van der Waals surface area contributed by atoms with Crippen LogP contribution >= 0.6 is 0 Å². The number of hydrogen-bond acceptors (Lipinski definition) is 4. The first kappa shape index (κ1) is 15.1. The van der Waals surface area contributed by atoms with E-state index in [1.807, 2.05) is 6.08 Å². The summed E-state index contributed by atoms with van der Waals surface area (Å²) in [5, 5.41) is 14.6. The highest BCUT2D eigenvalue weighted by Gasteiger charge is 2.34. The molecule has 7 heteroatoms. The third-order valence-corrected chi connectivity index (χ3v) is 3.97. The number of rotatable bonds is 3. The van der Waals surface area contributed by atoms with Gasteiger partial charge >= 0.3 is 5.97 Å². The van der Waals surface area contributed by atoms with Crippen LogP contribution in [0.2, 0.25) is 0 Å². The summed E-state index contributed by atoms with van der Waals surface area (Å²) in [5.74, 6) is -2.37. The average Bonchev–Trinajstić information content (AvgIpc) is 2.54. The summed E-state index contributed by atoms with van der Waals surface area (Å²) in [6.45, 7) is -0.0343.